The summed E-state index contributed by atoms with van der Waals surface area (Å²) in [5.74, 6) is 0. The maximum absolute atomic E-state index is 2.22. The fraction of sp³-hybridized carbons (Fsp3) is 0.333. The minimum absolute atomic E-state index is 1.08. The highest BCUT2D eigenvalue weighted by molar-refractivity contribution is 5.68. The van der Waals surface area contributed by atoms with Crippen LogP contribution >= 0.6 is 0 Å². The van der Waals surface area contributed by atoms with Gasteiger partial charge in [-0.25, -0.2) is 9.13 Å². The molecule has 0 saturated carbocycles. The molecule has 2 heteroatoms. The van der Waals surface area contributed by atoms with Crippen molar-refractivity contribution in [3.8, 4) is 0 Å². The quantitative estimate of drug-likeness (QED) is 0.711. The van der Waals surface area contributed by atoms with Crippen molar-refractivity contribution in [3.63, 3.8) is 0 Å². The molecule has 2 heterocycles. The highest BCUT2D eigenvalue weighted by atomic mass is 14.9. The van der Waals surface area contributed by atoms with Crippen LogP contribution in [0.2, 0.25) is 0 Å². The Bertz CT molecular complexity index is 487. The summed E-state index contributed by atoms with van der Waals surface area (Å²) in [4.78, 5) is 0. The van der Waals surface area contributed by atoms with Gasteiger partial charge >= 0.3 is 0 Å². The highest BCUT2D eigenvalue weighted by Crippen LogP contribution is 2.05. The molecule has 0 N–H and O–H groups in total. The molecule has 0 atom stereocenters. The monoisotopic (exact) mass is 268 g/mol. The van der Waals surface area contributed by atoms with Crippen molar-refractivity contribution < 1.29 is 9.13 Å². The molecular formula is C18H24N2+2. The van der Waals surface area contributed by atoms with Crippen LogP contribution in [0, 0.1) is 0 Å². The van der Waals surface area contributed by atoms with Crippen LogP contribution in [0.1, 0.15) is 37.8 Å². The summed E-state index contributed by atoms with van der Waals surface area (Å²) in [7, 11) is 0. The molecule has 2 rings (SSSR count). The van der Waals surface area contributed by atoms with Crippen molar-refractivity contribution in [2.24, 2.45) is 0 Å². The molecule has 2 aromatic heterocycles. The van der Waals surface area contributed by atoms with E-state index in [0.29, 0.717) is 0 Å². The van der Waals surface area contributed by atoms with E-state index in [4.69, 9.17) is 0 Å². The predicted molar refractivity (Wildman–Crippen MR) is 82.8 cm³/mol. The van der Waals surface area contributed by atoms with Crippen molar-refractivity contribution in [1.29, 1.82) is 0 Å². The van der Waals surface area contributed by atoms with Crippen LogP contribution in [-0.2, 0) is 13.1 Å². The van der Waals surface area contributed by atoms with Crippen molar-refractivity contribution in [2.45, 2.75) is 39.8 Å². The van der Waals surface area contributed by atoms with Crippen molar-refractivity contribution in [1.82, 2.24) is 0 Å². The van der Waals surface area contributed by atoms with Crippen LogP contribution in [0.3, 0.4) is 0 Å². The van der Waals surface area contributed by atoms with Gasteiger partial charge in [0, 0.05) is 37.1 Å². The van der Waals surface area contributed by atoms with Gasteiger partial charge in [-0.3, -0.25) is 0 Å². The summed E-state index contributed by atoms with van der Waals surface area (Å²) >= 11 is 0. The van der Waals surface area contributed by atoms with E-state index in [1.165, 1.54) is 24.0 Å². The molecule has 0 fully saturated rings. The average Bonchev–Trinajstić information content (AvgIpc) is 2.49. The van der Waals surface area contributed by atoms with Crippen LogP contribution in [-0.4, -0.2) is 0 Å². The van der Waals surface area contributed by atoms with Crippen molar-refractivity contribution in [2.75, 3.05) is 0 Å². The maximum Gasteiger partial charge on any atom is 0.169 e. The third kappa shape index (κ3) is 4.30. The second kappa shape index (κ2) is 7.59. The Morgan fingerprint density at radius 2 is 1.05 bits per heavy atom. The van der Waals surface area contributed by atoms with Gasteiger partial charge in [-0.05, 0) is 11.1 Å². The summed E-state index contributed by atoms with van der Waals surface area (Å²) < 4.78 is 4.43. The largest absolute Gasteiger partial charge is 0.205 e. The van der Waals surface area contributed by atoms with Crippen molar-refractivity contribution in [3.05, 3.63) is 60.2 Å². The molecule has 2 aromatic rings. The van der Waals surface area contributed by atoms with E-state index in [9.17, 15) is 0 Å². The summed E-state index contributed by atoms with van der Waals surface area (Å²) in [5, 5.41) is 0. The third-order valence-electron chi connectivity index (χ3n) is 3.27. The van der Waals surface area contributed by atoms with E-state index in [2.05, 4.69) is 84.2 Å². The third-order valence-corrected chi connectivity index (χ3v) is 3.27. The number of nitrogens with zero attached hydrogens (tertiary/aromatic N) is 2. The SMILES string of the molecule is CCC[n+]1ccc(/C=C/c2cc[n+](CCC)cc2)cc1. The summed E-state index contributed by atoms with van der Waals surface area (Å²) in [6.45, 7) is 6.56. The van der Waals surface area contributed by atoms with E-state index in [1.807, 2.05) is 0 Å². The molecule has 2 nitrogen and oxygen atoms in total. The molecule has 0 aromatic carbocycles. The molecular weight excluding hydrogens is 244 g/mol. The van der Waals surface area contributed by atoms with E-state index >= 15 is 0 Å². The standard InChI is InChI=1S/C18H24N2/c1-3-11-19-13-7-17(8-14-19)5-6-18-9-15-20(12-4-2)16-10-18/h5-10,13-16H,3-4,11-12H2,1-2H3/q+2/b6-5+. The van der Waals surface area contributed by atoms with Gasteiger partial charge in [0.1, 0.15) is 13.1 Å². The smallest absolute Gasteiger partial charge is 0.169 e. The first-order valence-corrected chi connectivity index (χ1v) is 7.48. The van der Waals surface area contributed by atoms with Crippen molar-refractivity contribution >= 4 is 12.2 Å². The Labute approximate surface area is 122 Å². The van der Waals surface area contributed by atoms with Crippen LogP contribution in [0.5, 0.6) is 0 Å². The molecule has 20 heavy (non-hydrogen) atoms. The molecule has 0 spiro atoms. The lowest BCUT2D eigenvalue weighted by atomic mass is 10.2. The lowest BCUT2D eigenvalue weighted by molar-refractivity contribution is -0.697. The Hall–Kier alpha value is -1.96. The summed E-state index contributed by atoms with van der Waals surface area (Å²) in [5.41, 5.74) is 2.48. The zero-order chi connectivity index (χ0) is 14.2. The van der Waals surface area contributed by atoms with Crippen LogP contribution in [0.25, 0.3) is 12.2 Å². The number of aromatic nitrogens is 2. The predicted octanol–water partition coefficient (Wildman–Crippen LogP) is 3.25. The number of pyridine rings is 2. The van der Waals surface area contributed by atoms with Gasteiger partial charge in [-0.15, -0.1) is 0 Å². The molecule has 0 bridgehead atoms. The fourth-order valence-corrected chi connectivity index (χ4v) is 2.17. The summed E-state index contributed by atoms with van der Waals surface area (Å²) in [6.07, 6.45) is 15.2. The number of rotatable bonds is 6. The Kier molecular flexibility index (Phi) is 5.48. The normalized spacial score (nSPS) is 11.1. The van der Waals surface area contributed by atoms with Gasteiger partial charge in [-0.1, -0.05) is 26.0 Å². The fourth-order valence-electron chi connectivity index (χ4n) is 2.17. The zero-order valence-electron chi connectivity index (χ0n) is 12.5. The van der Waals surface area contributed by atoms with Gasteiger partial charge in [0.15, 0.2) is 24.8 Å². The zero-order valence-corrected chi connectivity index (χ0v) is 12.5. The van der Waals surface area contributed by atoms with Crippen LogP contribution < -0.4 is 9.13 Å². The maximum atomic E-state index is 2.22. The Morgan fingerprint density at radius 1 is 0.700 bits per heavy atom. The first kappa shape index (κ1) is 14.4. The number of hydrogen-bond donors (Lipinski definition) is 0. The van der Waals surface area contributed by atoms with E-state index in [0.717, 1.165) is 13.1 Å². The lowest BCUT2D eigenvalue weighted by Crippen LogP contribution is -2.32. The molecule has 0 amide bonds. The molecule has 0 saturated heterocycles. The minimum Gasteiger partial charge on any atom is -0.205 e. The lowest BCUT2D eigenvalue weighted by Gasteiger charge is -1.96. The van der Waals surface area contributed by atoms with Crippen LogP contribution in [0.4, 0.5) is 0 Å². The van der Waals surface area contributed by atoms with Gasteiger partial charge in [-0.2, -0.15) is 0 Å². The topological polar surface area (TPSA) is 7.76 Å². The molecule has 104 valence electrons. The second-order valence-electron chi connectivity index (χ2n) is 5.07. The number of hydrogen-bond acceptors (Lipinski definition) is 0. The molecule has 0 aliphatic rings. The van der Waals surface area contributed by atoms with Gasteiger partial charge in [0.25, 0.3) is 0 Å². The molecule has 0 radical (unpaired) electrons. The Balaban J connectivity index is 2.01. The van der Waals surface area contributed by atoms with Gasteiger partial charge < -0.3 is 0 Å². The summed E-state index contributed by atoms with van der Waals surface area (Å²) in [6, 6.07) is 8.64. The number of aryl methyl sites for hydroxylation is 2. The first-order chi connectivity index (χ1) is 9.81. The van der Waals surface area contributed by atoms with Crippen LogP contribution in [0.15, 0.2) is 49.1 Å². The average molecular weight is 268 g/mol. The van der Waals surface area contributed by atoms with E-state index in [1.54, 1.807) is 0 Å². The Morgan fingerprint density at radius 3 is 1.35 bits per heavy atom. The minimum atomic E-state index is 1.08. The highest BCUT2D eigenvalue weighted by Gasteiger charge is 1.98. The second-order valence-corrected chi connectivity index (χ2v) is 5.07. The van der Waals surface area contributed by atoms with Gasteiger partial charge in [0.2, 0.25) is 0 Å². The molecule has 0 aliphatic heterocycles. The molecule has 0 aliphatic carbocycles. The molecule has 0 unspecified atom stereocenters. The first-order valence-electron chi connectivity index (χ1n) is 7.48. The van der Waals surface area contributed by atoms with E-state index in [-0.39, 0.29) is 0 Å². The van der Waals surface area contributed by atoms with Gasteiger partial charge in [0.05, 0.1) is 0 Å². The van der Waals surface area contributed by atoms with E-state index < -0.39 is 0 Å².